The fourth-order valence-corrected chi connectivity index (χ4v) is 2.12. The molecule has 0 saturated heterocycles. The van der Waals surface area contributed by atoms with Gasteiger partial charge in [0.2, 0.25) is 0 Å². The molecule has 3 rings (SSSR count). The van der Waals surface area contributed by atoms with E-state index in [1.54, 1.807) is 42.5 Å². The van der Waals surface area contributed by atoms with Crippen LogP contribution in [-0.4, -0.2) is 25.0 Å². The highest BCUT2D eigenvalue weighted by Gasteiger charge is 2.16. The number of nitrogens with zero attached hydrogens (tertiary/aromatic N) is 1. The first-order valence-corrected chi connectivity index (χ1v) is 7.18. The van der Waals surface area contributed by atoms with Crippen LogP contribution in [0.4, 0.5) is 11.4 Å². The highest BCUT2D eigenvalue weighted by molar-refractivity contribution is 6.43. The van der Waals surface area contributed by atoms with Crippen molar-refractivity contribution in [1.29, 1.82) is 5.26 Å². The van der Waals surface area contributed by atoms with Crippen LogP contribution in [-0.2, 0) is 9.59 Å². The number of hydrogen-bond donors (Lipinski definition) is 2. The van der Waals surface area contributed by atoms with Crippen molar-refractivity contribution in [3.05, 3.63) is 48.0 Å². The summed E-state index contributed by atoms with van der Waals surface area (Å²) in [6.45, 7) is 0.912. The lowest BCUT2D eigenvalue weighted by Gasteiger charge is -2.18. The summed E-state index contributed by atoms with van der Waals surface area (Å²) in [5, 5.41) is 13.7. The van der Waals surface area contributed by atoms with Gasteiger partial charge in [0.05, 0.1) is 11.6 Å². The van der Waals surface area contributed by atoms with Gasteiger partial charge in [-0.25, -0.2) is 0 Å². The van der Waals surface area contributed by atoms with Crippen LogP contribution in [0.25, 0.3) is 0 Å². The van der Waals surface area contributed by atoms with Gasteiger partial charge in [-0.3, -0.25) is 9.59 Å². The standard InChI is InChI=1S/C17H13N3O4/c18-10-11-1-3-12(4-2-11)19-16(21)17(22)20-13-5-6-14-15(9-13)24-8-7-23-14/h1-6,9H,7-8H2,(H,19,21)(H,20,22). The molecule has 1 heterocycles. The number of carbonyl (C=O) groups excluding carboxylic acids is 2. The Morgan fingerprint density at radius 3 is 2.12 bits per heavy atom. The lowest BCUT2D eigenvalue weighted by molar-refractivity contribution is -0.133. The van der Waals surface area contributed by atoms with E-state index in [9.17, 15) is 9.59 Å². The molecule has 24 heavy (non-hydrogen) atoms. The fourth-order valence-electron chi connectivity index (χ4n) is 2.12. The summed E-state index contributed by atoms with van der Waals surface area (Å²) in [4.78, 5) is 23.9. The number of anilines is 2. The molecular formula is C17H13N3O4. The highest BCUT2D eigenvalue weighted by atomic mass is 16.6. The van der Waals surface area contributed by atoms with Crippen LogP contribution in [0.5, 0.6) is 11.5 Å². The van der Waals surface area contributed by atoms with Gasteiger partial charge in [-0.05, 0) is 36.4 Å². The van der Waals surface area contributed by atoms with Crippen molar-refractivity contribution in [2.75, 3.05) is 23.8 Å². The van der Waals surface area contributed by atoms with Crippen LogP contribution < -0.4 is 20.1 Å². The van der Waals surface area contributed by atoms with Crippen LogP contribution in [0.1, 0.15) is 5.56 Å². The topological polar surface area (TPSA) is 100 Å². The molecule has 0 spiro atoms. The van der Waals surface area contributed by atoms with Crippen molar-refractivity contribution < 1.29 is 19.1 Å². The number of rotatable bonds is 2. The van der Waals surface area contributed by atoms with Crippen molar-refractivity contribution in [1.82, 2.24) is 0 Å². The Labute approximate surface area is 137 Å². The Kier molecular flexibility index (Phi) is 4.29. The van der Waals surface area contributed by atoms with E-state index in [0.717, 1.165) is 0 Å². The molecule has 1 aliphatic rings. The molecule has 0 unspecified atom stereocenters. The van der Waals surface area contributed by atoms with Crippen LogP contribution in [0.3, 0.4) is 0 Å². The number of nitriles is 1. The molecule has 0 fully saturated rings. The quantitative estimate of drug-likeness (QED) is 0.822. The maximum Gasteiger partial charge on any atom is 0.314 e. The van der Waals surface area contributed by atoms with Gasteiger partial charge in [-0.15, -0.1) is 0 Å². The normalized spacial score (nSPS) is 12.0. The third kappa shape index (κ3) is 3.44. The summed E-state index contributed by atoms with van der Waals surface area (Å²) in [6, 6.07) is 13.1. The first-order valence-electron chi connectivity index (χ1n) is 7.18. The maximum atomic E-state index is 12.0. The lowest BCUT2D eigenvalue weighted by Crippen LogP contribution is -2.29. The average molecular weight is 323 g/mol. The number of hydrogen-bond acceptors (Lipinski definition) is 5. The minimum absolute atomic E-state index is 0.427. The summed E-state index contributed by atoms with van der Waals surface area (Å²) in [6.07, 6.45) is 0. The Balaban J connectivity index is 1.63. The first-order chi connectivity index (χ1) is 11.7. The van der Waals surface area contributed by atoms with E-state index >= 15 is 0 Å². The van der Waals surface area contributed by atoms with Gasteiger partial charge < -0.3 is 20.1 Å². The SMILES string of the molecule is N#Cc1ccc(NC(=O)C(=O)Nc2ccc3c(c2)OCCO3)cc1. The third-order valence-corrected chi connectivity index (χ3v) is 3.28. The molecule has 7 heteroatoms. The van der Waals surface area contributed by atoms with E-state index in [1.807, 2.05) is 6.07 Å². The van der Waals surface area contributed by atoms with Gasteiger partial charge in [-0.2, -0.15) is 5.26 Å². The van der Waals surface area contributed by atoms with E-state index in [2.05, 4.69) is 10.6 Å². The van der Waals surface area contributed by atoms with E-state index in [4.69, 9.17) is 14.7 Å². The summed E-state index contributed by atoms with van der Waals surface area (Å²) in [7, 11) is 0. The van der Waals surface area contributed by atoms with Crippen molar-refractivity contribution in [2.45, 2.75) is 0 Å². The second-order valence-electron chi connectivity index (χ2n) is 4.96. The number of carbonyl (C=O) groups is 2. The number of ether oxygens (including phenoxy) is 2. The molecule has 0 aliphatic carbocycles. The van der Waals surface area contributed by atoms with Crippen LogP contribution in [0.15, 0.2) is 42.5 Å². The molecule has 7 nitrogen and oxygen atoms in total. The molecular weight excluding hydrogens is 310 g/mol. The van der Waals surface area contributed by atoms with Gasteiger partial charge >= 0.3 is 11.8 Å². The molecule has 1 aliphatic heterocycles. The van der Waals surface area contributed by atoms with E-state index in [1.165, 1.54) is 0 Å². The minimum atomic E-state index is -0.811. The van der Waals surface area contributed by atoms with Crippen LogP contribution in [0, 0.1) is 11.3 Å². The van der Waals surface area contributed by atoms with Gasteiger partial charge in [0.15, 0.2) is 11.5 Å². The zero-order valence-electron chi connectivity index (χ0n) is 12.5. The largest absolute Gasteiger partial charge is 0.486 e. The van der Waals surface area contributed by atoms with Crippen molar-refractivity contribution in [3.8, 4) is 17.6 Å². The van der Waals surface area contributed by atoms with Crippen LogP contribution >= 0.6 is 0 Å². The van der Waals surface area contributed by atoms with Crippen molar-refractivity contribution in [3.63, 3.8) is 0 Å². The molecule has 2 amide bonds. The lowest BCUT2D eigenvalue weighted by atomic mass is 10.2. The Bertz CT molecular complexity index is 825. The second-order valence-corrected chi connectivity index (χ2v) is 4.96. The van der Waals surface area contributed by atoms with Crippen LogP contribution in [0.2, 0.25) is 0 Å². The Morgan fingerprint density at radius 2 is 1.46 bits per heavy atom. The van der Waals surface area contributed by atoms with E-state index in [0.29, 0.717) is 41.7 Å². The monoisotopic (exact) mass is 323 g/mol. The smallest absolute Gasteiger partial charge is 0.314 e. The fraction of sp³-hybridized carbons (Fsp3) is 0.118. The van der Waals surface area contributed by atoms with Gasteiger partial charge in [0, 0.05) is 17.4 Å². The molecule has 0 aromatic heterocycles. The Morgan fingerprint density at radius 1 is 0.875 bits per heavy atom. The van der Waals surface area contributed by atoms with Crippen molar-refractivity contribution in [2.24, 2.45) is 0 Å². The molecule has 0 saturated carbocycles. The zero-order valence-corrected chi connectivity index (χ0v) is 12.5. The summed E-state index contributed by atoms with van der Waals surface area (Å²) in [5.41, 5.74) is 1.32. The predicted molar refractivity (Wildman–Crippen MR) is 85.8 cm³/mol. The number of fused-ring (bicyclic) bond motifs is 1. The molecule has 2 aromatic carbocycles. The third-order valence-electron chi connectivity index (χ3n) is 3.28. The molecule has 0 radical (unpaired) electrons. The van der Waals surface area contributed by atoms with E-state index < -0.39 is 11.8 Å². The summed E-state index contributed by atoms with van der Waals surface area (Å²) in [5.74, 6) is -0.501. The summed E-state index contributed by atoms with van der Waals surface area (Å²) >= 11 is 0. The second kappa shape index (κ2) is 6.71. The van der Waals surface area contributed by atoms with E-state index in [-0.39, 0.29) is 0 Å². The minimum Gasteiger partial charge on any atom is -0.486 e. The number of amides is 2. The predicted octanol–water partition coefficient (Wildman–Crippen LogP) is 1.91. The molecule has 0 atom stereocenters. The highest BCUT2D eigenvalue weighted by Crippen LogP contribution is 2.32. The molecule has 120 valence electrons. The molecule has 2 N–H and O–H groups in total. The number of benzene rings is 2. The first kappa shape index (κ1) is 15.4. The average Bonchev–Trinajstić information content (AvgIpc) is 2.62. The van der Waals surface area contributed by atoms with Gasteiger partial charge in [-0.1, -0.05) is 0 Å². The van der Waals surface area contributed by atoms with Crippen molar-refractivity contribution >= 4 is 23.2 Å². The number of nitrogens with one attached hydrogen (secondary N) is 2. The van der Waals surface area contributed by atoms with Gasteiger partial charge in [0.1, 0.15) is 13.2 Å². The molecule has 2 aromatic rings. The Hall–Kier alpha value is -3.53. The zero-order chi connectivity index (χ0) is 16.9. The van der Waals surface area contributed by atoms with Gasteiger partial charge in [0.25, 0.3) is 0 Å². The molecule has 0 bridgehead atoms. The summed E-state index contributed by atoms with van der Waals surface area (Å²) < 4.78 is 10.8. The maximum absolute atomic E-state index is 12.0.